The van der Waals surface area contributed by atoms with E-state index < -0.39 is 0 Å². The summed E-state index contributed by atoms with van der Waals surface area (Å²) in [6.07, 6.45) is 2.32. The smallest absolute Gasteiger partial charge is 0.0727 e. The molecule has 1 aliphatic rings. The van der Waals surface area contributed by atoms with Gasteiger partial charge in [0, 0.05) is 66.2 Å². The summed E-state index contributed by atoms with van der Waals surface area (Å²) in [5, 5.41) is 15.2. The molecule has 0 unspecified atom stereocenters. The van der Waals surface area contributed by atoms with Gasteiger partial charge in [-0.1, -0.05) is 22.0 Å². The highest BCUT2D eigenvalue weighted by molar-refractivity contribution is 9.10. The largest absolute Gasteiger partial charge is 0.398 e. The monoisotopic (exact) mass is 733 g/mol. The van der Waals surface area contributed by atoms with Gasteiger partial charge in [0.25, 0.3) is 0 Å². The maximum atomic E-state index is 6.24. The summed E-state index contributed by atoms with van der Waals surface area (Å²) in [5.41, 5.74) is 12.5. The van der Waals surface area contributed by atoms with Gasteiger partial charge in [-0.3, -0.25) is 9.88 Å². The predicted molar refractivity (Wildman–Crippen MR) is 192 cm³/mol. The molecule has 234 valence electrons. The summed E-state index contributed by atoms with van der Waals surface area (Å²) in [6, 6.07) is 14.9. The number of nitrogens with zero attached hydrogens (tertiary/aromatic N) is 2. The highest BCUT2D eigenvalue weighted by Crippen LogP contribution is 2.25. The number of halogens is 6. The molecule has 1 fully saturated rings. The van der Waals surface area contributed by atoms with Gasteiger partial charge >= 0.3 is 0 Å². The molecule has 6 N–H and O–H groups in total. The Morgan fingerprint density at radius 1 is 0.805 bits per heavy atom. The third-order valence-electron chi connectivity index (χ3n) is 6.51. The van der Waals surface area contributed by atoms with Crippen LogP contribution in [0.1, 0.15) is 29.7 Å². The molecule has 2 aromatic carbocycles. The Balaban J connectivity index is 0. The van der Waals surface area contributed by atoms with E-state index >= 15 is 0 Å². The van der Waals surface area contributed by atoms with E-state index in [2.05, 4.69) is 77.4 Å². The standard InChI is InChI=1S/C28H40BrN7.5ClH/c1-21-14-27(30)26-18-25(4-5-28(26)35-21)34-19-22-15-23(17-24(29)16-22)20-36-12-3-8-32-10-9-31-6-2-7-33-11-13-36;;;;;/h4-5,14-18,31-34H,2-3,6-13,19-20H2,1H3,(H2,30,35);5*1H. The number of nitrogens with one attached hydrogen (secondary N) is 4. The lowest BCUT2D eigenvalue weighted by Crippen LogP contribution is -2.36. The van der Waals surface area contributed by atoms with Gasteiger partial charge in [0.2, 0.25) is 0 Å². The molecule has 1 aliphatic heterocycles. The lowest BCUT2D eigenvalue weighted by molar-refractivity contribution is 0.260. The summed E-state index contributed by atoms with van der Waals surface area (Å²) < 4.78 is 1.12. The van der Waals surface area contributed by atoms with Crippen molar-refractivity contribution >= 4 is 100 Å². The number of hydrogen-bond acceptors (Lipinski definition) is 7. The van der Waals surface area contributed by atoms with Crippen molar-refractivity contribution < 1.29 is 0 Å². The number of fused-ring (bicyclic) bond motifs is 1. The Morgan fingerprint density at radius 2 is 1.46 bits per heavy atom. The van der Waals surface area contributed by atoms with Crippen molar-refractivity contribution in [2.75, 3.05) is 63.4 Å². The van der Waals surface area contributed by atoms with Crippen LogP contribution >= 0.6 is 78.0 Å². The Hall–Kier alpha value is -0.780. The van der Waals surface area contributed by atoms with E-state index in [4.69, 9.17) is 5.73 Å². The van der Waals surface area contributed by atoms with Crippen molar-refractivity contribution in [3.63, 3.8) is 0 Å². The maximum Gasteiger partial charge on any atom is 0.0727 e. The molecule has 1 saturated heterocycles. The Bertz CT molecular complexity index is 1130. The molecule has 0 spiro atoms. The van der Waals surface area contributed by atoms with Crippen LogP contribution in [-0.2, 0) is 13.1 Å². The van der Waals surface area contributed by atoms with Crippen LogP contribution in [0.15, 0.2) is 46.9 Å². The topological polar surface area (TPSA) is 90.3 Å². The van der Waals surface area contributed by atoms with Crippen molar-refractivity contribution in [3.05, 3.63) is 63.8 Å². The number of benzene rings is 2. The Labute approximate surface area is 284 Å². The third kappa shape index (κ3) is 14.5. The number of aromatic nitrogens is 1. The summed E-state index contributed by atoms with van der Waals surface area (Å²) >= 11 is 3.74. The van der Waals surface area contributed by atoms with E-state index in [9.17, 15) is 0 Å². The van der Waals surface area contributed by atoms with Crippen LogP contribution in [0, 0.1) is 6.92 Å². The number of hydrogen-bond donors (Lipinski definition) is 5. The first-order valence-corrected chi connectivity index (χ1v) is 13.9. The molecule has 0 radical (unpaired) electrons. The third-order valence-corrected chi connectivity index (χ3v) is 6.97. The van der Waals surface area contributed by atoms with Crippen molar-refractivity contribution in [1.29, 1.82) is 0 Å². The maximum absolute atomic E-state index is 6.24. The molecule has 1 aromatic heterocycles. The van der Waals surface area contributed by atoms with Crippen LogP contribution in [0.4, 0.5) is 11.4 Å². The molecule has 3 aromatic rings. The van der Waals surface area contributed by atoms with Crippen LogP contribution in [0.5, 0.6) is 0 Å². The summed E-state index contributed by atoms with van der Waals surface area (Å²) in [7, 11) is 0. The second-order valence-electron chi connectivity index (χ2n) is 9.64. The van der Waals surface area contributed by atoms with Gasteiger partial charge in [-0.15, -0.1) is 62.0 Å². The lowest BCUT2D eigenvalue weighted by Gasteiger charge is -2.24. The minimum atomic E-state index is 0. The number of nitrogen functional groups attached to an aromatic ring is 1. The second kappa shape index (κ2) is 22.7. The average Bonchev–Trinajstić information content (AvgIpc) is 2.85. The van der Waals surface area contributed by atoms with Gasteiger partial charge in [0.05, 0.1) is 5.52 Å². The van der Waals surface area contributed by atoms with Crippen molar-refractivity contribution in [1.82, 2.24) is 25.8 Å². The summed E-state index contributed by atoms with van der Waals surface area (Å²) in [6.45, 7) is 12.1. The quantitative estimate of drug-likeness (QED) is 0.221. The van der Waals surface area contributed by atoms with Crippen LogP contribution in [0.25, 0.3) is 10.9 Å². The minimum Gasteiger partial charge on any atom is -0.398 e. The average molecular weight is 737 g/mol. The van der Waals surface area contributed by atoms with Crippen LogP contribution in [-0.4, -0.2) is 62.2 Å². The van der Waals surface area contributed by atoms with E-state index in [0.717, 1.165) is 104 Å². The number of aryl methyl sites for hydroxylation is 1. The number of nitrogens with two attached hydrogens (primary N) is 1. The zero-order chi connectivity index (χ0) is 25.2. The molecule has 0 amide bonds. The molecule has 7 nitrogen and oxygen atoms in total. The van der Waals surface area contributed by atoms with Crippen molar-refractivity contribution in [2.45, 2.75) is 32.9 Å². The van der Waals surface area contributed by atoms with Gasteiger partial charge in [0.1, 0.15) is 0 Å². The normalized spacial score (nSPS) is 15.0. The number of rotatable bonds is 5. The van der Waals surface area contributed by atoms with E-state index in [-0.39, 0.29) is 62.0 Å². The first kappa shape index (κ1) is 42.4. The van der Waals surface area contributed by atoms with Gasteiger partial charge in [-0.05, 0) is 93.5 Å². The fraction of sp³-hybridized carbons (Fsp3) is 0.464. The van der Waals surface area contributed by atoms with Crippen LogP contribution in [0.3, 0.4) is 0 Å². The van der Waals surface area contributed by atoms with Crippen LogP contribution in [0.2, 0.25) is 0 Å². The molecule has 0 aliphatic carbocycles. The number of anilines is 2. The van der Waals surface area contributed by atoms with Gasteiger partial charge in [-0.25, -0.2) is 0 Å². The molecule has 4 rings (SSSR count). The molecule has 2 heterocycles. The summed E-state index contributed by atoms with van der Waals surface area (Å²) in [4.78, 5) is 7.16. The fourth-order valence-electron chi connectivity index (χ4n) is 4.70. The van der Waals surface area contributed by atoms with Crippen molar-refractivity contribution in [3.8, 4) is 0 Å². The van der Waals surface area contributed by atoms with E-state index in [1.165, 1.54) is 17.5 Å². The van der Waals surface area contributed by atoms with E-state index in [1.807, 2.05) is 19.1 Å². The Morgan fingerprint density at radius 3 is 2.20 bits per heavy atom. The highest BCUT2D eigenvalue weighted by atomic mass is 79.9. The van der Waals surface area contributed by atoms with Gasteiger partial charge in [0.15, 0.2) is 0 Å². The molecule has 0 saturated carbocycles. The van der Waals surface area contributed by atoms with E-state index in [0.29, 0.717) is 0 Å². The molecule has 13 heteroatoms. The molecular formula is C28H45BrCl5N7. The Kier molecular flexibility index (Phi) is 23.5. The molecule has 0 bridgehead atoms. The zero-order valence-corrected chi connectivity index (χ0v) is 29.1. The summed E-state index contributed by atoms with van der Waals surface area (Å²) in [5.74, 6) is 0. The van der Waals surface area contributed by atoms with Gasteiger partial charge in [-0.2, -0.15) is 0 Å². The van der Waals surface area contributed by atoms with Crippen LogP contribution < -0.4 is 27.0 Å². The zero-order valence-electron chi connectivity index (χ0n) is 23.4. The first-order valence-electron chi connectivity index (χ1n) is 13.1. The molecular weight excluding hydrogens is 692 g/mol. The molecule has 41 heavy (non-hydrogen) atoms. The predicted octanol–water partition coefficient (Wildman–Crippen LogP) is 5.97. The number of pyridine rings is 1. The second-order valence-corrected chi connectivity index (χ2v) is 10.6. The molecule has 0 atom stereocenters. The highest BCUT2D eigenvalue weighted by Gasteiger charge is 2.09. The minimum absolute atomic E-state index is 0. The first-order chi connectivity index (χ1) is 17.6. The SMILES string of the molecule is Cc1cc(N)c2cc(NCc3cc(Br)cc(CN4CCCNCCNCCCNCC4)c3)ccc2n1.Cl.Cl.Cl.Cl.Cl. The van der Waals surface area contributed by atoms with Crippen molar-refractivity contribution in [2.24, 2.45) is 0 Å². The van der Waals surface area contributed by atoms with Gasteiger partial charge < -0.3 is 27.0 Å². The fourth-order valence-corrected chi connectivity index (χ4v) is 5.29. The van der Waals surface area contributed by atoms with E-state index in [1.54, 1.807) is 0 Å². The lowest BCUT2D eigenvalue weighted by atomic mass is 10.1.